The number of hydrogen-bond donors (Lipinski definition) is 1. The molecule has 1 heterocycles. The third-order valence-electron chi connectivity index (χ3n) is 3.02. The van der Waals surface area contributed by atoms with Gasteiger partial charge in [0.05, 0.1) is 0 Å². The SMILES string of the molecule is CN1CCN(Cc2ccc(CN)cc2Cl)C1=O. The Morgan fingerprint density at radius 2 is 2.18 bits per heavy atom. The number of nitrogens with zero attached hydrogens (tertiary/aromatic N) is 2. The zero-order chi connectivity index (χ0) is 12.4. The molecular weight excluding hydrogens is 238 g/mol. The quantitative estimate of drug-likeness (QED) is 0.891. The van der Waals surface area contributed by atoms with Crippen LogP contribution >= 0.6 is 11.6 Å². The molecule has 17 heavy (non-hydrogen) atoms. The molecule has 4 nitrogen and oxygen atoms in total. The average Bonchev–Trinajstić information content (AvgIpc) is 2.63. The summed E-state index contributed by atoms with van der Waals surface area (Å²) in [4.78, 5) is 15.2. The van der Waals surface area contributed by atoms with E-state index in [2.05, 4.69) is 0 Å². The maximum Gasteiger partial charge on any atom is 0.320 e. The molecule has 1 aromatic carbocycles. The second kappa shape index (κ2) is 4.94. The molecule has 0 radical (unpaired) electrons. The lowest BCUT2D eigenvalue weighted by Gasteiger charge is -2.17. The fourth-order valence-corrected chi connectivity index (χ4v) is 2.16. The molecule has 0 atom stereocenters. The third-order valence-corrected chi connectivity index (χ3v) is 3.37. The fourth-order valence-electron chi connectivity index (χ4n) is 1.90. The number of urea groups is 1. The van der Waals surface area contributed by atoms with E-state index in [1.165, 1.54) is 0 Å². The average molecular weight is 254 g/mol. The molecule has 1 aromatic rings. The van der Waals surface area contributed by atoms with E-state index in [0.717, 1.165) is 24.2 Å². The highest BCUT2D eigenvalue weighted by atomic mass is 35.5. The largest absolute Gasteiger partial charge is 0.326 e. The van der Waals surface area contributed by atoms with Crippen molar-refractivity contribution < 1.29 is 4.79 Å². The molecule has 0 aliphatic carbocycles. The molecule has 0 spiro atoms. The van der Waals surface area contributed by atoms with E-state index < -0.39 is 0 Å². The Bertz CT molecular complexity index is 436. The number of likely N-dealkylation sites (N-methyl/N-ethyl adjacent to an activating group) is 1. The second-order valence-electron chi connectivity index (χ2n) is 4.26. The lowest BCUT2D eigenvalue weighted by molar-refractivity contribution is 0.197. The van der Waals surface area contributed by atoms with Gasteiger partial charge in [0.25, 0.3) is 0 Å². The normalized spacial score (nSPS) is 15.8. The molecule has 0 bridgehead atoms. The van der Waals surface area contributed by atoms with Crippen molar-refractivity contribution in [2.75, 3.05) is 20.1 Å². The molecule has 1 fully saturated rings. The Morgan fingerprint density at radius 1 is 1.41 bits per heavy atom. The van der Waals surface area contributed by atoms with Crippen LogP contribution in [0.1, 0.15) is 11.1 Å². The number of nitrogens with two attached hydrogens (primary N) is 1. The lowest BCUT2D eigenvalue weighted by atomic mass is 10.1. The van der Waals surface area contributed by atoms with Crippen LogP contribution in [-0.4, -0.2) is 36.0 Å². The van der Waals surface area contributed by atoms with E-state index in [4.69, 9.17) is 17.3 Å². The molecule has 5 heteroatoms. The van der Waals surface area contributed by atoms with Crippen LogP contribution in [0, 0.1) is 0 Å². The number of hydrogen-bond acceptors (Lipinski definition) is 2. The second-order valence-corrected chi connectivity index (χ2v) is 4.66. The van der Waals surface area contributed by atoms with Gasteiger partial charge < -0.3 is 15.5 Å². The Kier molecular flexibility index (Phi) is 3.54. The zero-order valence-corrected chi connectivity index (χ0v) is 10.6. The molecule has 2 rings (SSSR count). The Labute approximate surface area is 106 Å². The van der Waals surface area contributed by atoms with Gasteiger partial charge in [-0.15, -0.1) is 0 Å². The first-order chi connectivity index (χ1) is 8.11. The van der Waals surface area contributed by atoms with Crippen LogP contribution in [0.3, 0.4) is 0 Å². The lowest BCUT2D eigenvalue weighted by Crippen LogP contribution is -2.29. The molecule has 1 saturated heterocycles. The fraction of sp³-hybridized carbons (Fsp3) is 0.417. The van der Waals surface area contributed by atoms with E-state index in [1.54, 1.807) is 9.80 Å². The van der Waals surface area contributed by atoms with E-state index in [9.17, 15) is 4.79 Å². The minimum Gasteiger partial charge on any atom is -0.326 e. The molecule has 2 N–H and O–H groups in total. The highest BCUT2D eigenvalue weighted by Gasteiger charge is 2.25. The number of rotatable bonds is 3. The van der Waals surface area contributed by atoms with E-state index in [-0.39, 0.29) is 6.03 Å². The van der Waals surface area contributed by atoms with Gasteiger partial charge in [-0.1, -0.05) is 23.7 Å². The predicted molar refractivity (Wildman–Crippen MR) is 67.8 cm³/mol. The van der Waals surface area contributed by atoms with Gasteiger partial charge in [-0.05, 0) is 17.2 Å². The van der Waals surface area contributed by atoms with Crippen molar-refractivity contribution in [2.24, 2.45) is 5.73 Å². The van der Waals surface area contributed by atoms with Gasteiger partial charge in [0.1, 0.15) is 0 Å². The van der Waals surface area contributed by atoms with Gasteiger partial charge in [-0.3, -0.25) is 0 Å². The predicted octanol–water partition coefficient (Wildman–Crippen LogP) is 1.67. The summed E-state index contributed by atoms with van der Waals surface area (Å²) >= 11 is 6.16. The third kappa shape index (κ3) is 2.53. The minimum atomic E-state index is 0.0592. The summed E-state index contributed by atoms with van der Waals surface area (Å²) in [5.41, 5.74) is 7.51. The minimum absolute atomic E-state index is 0.0592. The van der Waals surface area contributed by atoms with Crippen LogP contribution < -0.4 is 5.73 Å². The smallest absolute Gasteiger partial charge is 0.320 e. The maximum absolute atomic E-state index is 11.7. The van der Waals surface area contributed by atoms with E-state index >= 15 is 0 Å². The zero-order valence-electron chi connectivity index (χ0n) is 9.82. The highest BCUT2D eigenvalue weighted by molar-refractivity contribution is 6.31. The number of halogens is 1. The van der Waals surface area contributed by atoms with E-state index in [1.807, 2.05) is 25.2 Å². The Hall–Kier alpha value is -1.26. The first-order valence-corrected chi connectivity index (χ1v) is 5.97. The summed E-state index contributed by atoms with van der Waals surface area (Å²) in [6.45, 7) is 2.57. The Morgan fingerprint density at radius 3 is 2.71 bits per heavy atom. The van der Waals surface area contributed by atoms with Gasteiger partial charge in [0, 0.05) is 38.2 Å². The van der Waals surface area contributed by atoms with Gasteiger partial charge in [0.15, 0.2) is 0 Å². The number of benzene rings is 1. The molecule has 1 aliphatic heterocycles. The van der Waals surface area contributed by atoms with Crippen LogP contribution in [0.15, 0.2) is 18.2 Å². The van der Waals surface area contributed by atoms with Crippen molar-refractivity contribution in [1.82, 2.24) is 9.80 Å². The summed E-state index contributed by atoms with van der Waals surface area (Å²) in [5.74, 6) is 0. The number of carbonyl (C=O) groups excluding carboxylic acids is 1. The van der Waals surface area contributed by atoms with Crippen LogP contribution in [-0.2, 0) is 13.1 Å². The van der Waals surface area contributed by atoms with Crippen LogP contribution in [0.25, 0.3) is 0 Å². The monoisotopic (exact) mass is 253 g/mol. The summed E-state index contributed by atoms with van der Waals surface area (Å²) in [6.07, 6.45) is 0. The molecule has 2 amide bonds. The molecule has 0 aromatic heterocycles. The molecule has 0 saturated carbocycles. The standard InChI is InChI=1S/C12H16ClN3O/c1-15-4-5-16(12(15)17)8-10-3-2-9(7-14)6-11(10)13/h2-3,6H,4-5,7-8,14H2,1H3. The van der Waals surface area contributed by atoms with Crippen molar-refractivity contribution in [2.45, 2.75) is 13.1 Å². The van der Waals surface area contributed by atoms with Gasteiger partial charge in [0.2, 0.25) is 0 Å². The number of amides is 2. The van der Waals surface area contributed by atoms with Crippen LogP contribution in [0.2, 0.25) is 5.02 Å². The number of carbonyl (C=O) groups is 1. The molecular formula is C12H16ClN3O. The summed E-state index contributed by atoms with van der Waals surface area (Å²) in [6, 6.07) is 5.81. The maximum atomic E-state index is 11.7. The summed E-state index contributed by atoms with van der Waals surface area (Å²) in [5, 5.41) is 0.676. The van der Waals surface area contributed by atoms with Crippen LogP contribution in [0.4, 0.5) is 4.79 Å². The summed E-state index contributed by atoms with van der Waals surface area (Å²) in [7, 11) is 1.81. The first kappa shape index (κ1) is 12.2. The van der Waals surface area contributed by atoms with Crippen molar-refractivity contribution in [3.63, 3.8) is 0 Å². The van der Waals surface area contributed by atoms with Crippen molar-refractivity contribution >= 4 is 17.6 Å². The van der Waals surface area contributed by atoms with Gasteiger partial charge >= 0.3 is 6.03 Å². The van der Waals surface area contributed by atoms with Gasteiger partial charge in [-0.2, -0.15) is 0 Å². The summed E-state index contributed by atoms with van der Waals surface area (Å²) < 4.78 is 0. The van der Waals surface area contributed by atoms with Crippen molar-refractivity contribution in [1.29, 1.82) is 0 Å². The van der Waals surface area contributed by atoms with Crippen molar-refractivity contribution in [3.8, 4) is 0 Å². The highest BCUT2D eigenvalue weighted by Crippen LogP contribution is 2.21. The molecule has 92 valence electrons. The van der Waals surface area contributed by atoms with Crippen LogP contribution in [0.5, 0.6) is 0 Å². The molecule has 0 unspecified atom stereocenters. The van der Waals surface area contributed by atoms with Gasteiger partial charge in [-0.25, -0.2) is 4.79 Å². The topological polar surface area (TPSA) is 49.6 Å². The first-order valence-electron chi connectivity index (χ1n) is 5.59. The van der Waals surface area contributed by atoms with E-state index in [0.29, 0.717) is 18.1 Å². The Balaban J connectivity index is 2.11. The molecule has 1 aliphatic rings. The van der Waals surface area contributed by atoms with Crippen molar-refractivity contribution in [3.05, 3.63) is 34.3 Å².